The molecule has 1 heterocycles. The monoisotopic (exact) mass is 395 g/mol. The summed E-state index contributed by atoms with van der Waals surface area (Å²) < 4.78 is 29.4. The van der Waals surface area contributed by atoms with Gasteiger partial charge in [0.1, 0.15) is 5.75 Å². The third-order valence-corrected chi connectivity index (χ3v) is 3.94. The third-order valence-electron chi connectivity index (χ3n) is 2.15. The van der Waals surface area contributed by atoms with Gasteiger partial charge in [-0.05, 0) is 40.8 Å². The third kappa shape index (κ3) is 4.13. The van der Waals surface area contributed by atoms with Crippen LogP contribution in [0.1, 0.15) is 10.4 Å². The molecule has 0 spiro atoms. The van der Waals surface area contributed by atoms with E-state index in [4.69, 9.17) is 0 Å². The summed E-state index contributed by atoms with van der Waals surface area (Å²) >= 11 is 3.58. The van der Waals surface area contributed by atoms with E-state index in [0.29, 0.717) is 11.3 Å². The SMILES string of the molecule is O=C(Nc1cccc(OC(F)F)c1)c1csc(I)c1. The van der Waals surface area contributed by atoms with Crippen LogP contribution >= 0.6 is 33.9 Å². The Balaban J connectivity index is 2.08. The number of hydrogen-bond donors (Lipinski definition) is 1. The Labute approximate surface area is 125 Å². The Hall–Kier alpha value is -1.22. The van der Waals surface area contributed by atoms with Gasteiger partial charge in [0.05, 0.1) is 8.45 Å². The fraction of sp³-hybridized carbons (Fsp3) is 0.0833. The van der Waals surface area contributed by atoms with Crippen LogP contribution in [0.15, 0.2) is 35.7 Å². The predicted molar refractivity (Wildman–Crippen MR) is 78.1 cm³/mol. The standard InChI is InChI=1S/C12H8F2INO2S/c13-12(14)18-9-3-1-2-8(5-9)16-11(17)7-4-10(15)19-6-7/h1-6,12H,(H,16,17). The van der Waals surface area contributed by atoms with Crippen LogP contribution in [0.5, 0.6) is 5.75 Å². The highest BCUT2D eigenvalue weighted by molar-refractivity contribution is 14.1. The summed E-state index contributed by atoms with van der Waals surface area (Å²) in [6.45, 7) is -2.88. The number of benzene rings is 1. The number of alkyl halides is 2. The predicted octanol–water partition coefficient (Wildman–Crippen LogP) is 4.21. The van der Waals surface area contributed by atoms with E-state index in [2.05, 4.69) is 32.6 Å². The summed E-state index contributed by atoms with van der Waals surface area (Å²) in [5.41, 5.74) is 0.943. The second kappa shape index (κ2) is 6.29. The van der Waals surface area contributed by atoms with Gasteiger partial charge in [0, 0.05) is 17.1 Å². The maximum absolute atomic E-state index is 12.1. The number of carbonyl (C=O) groups is 1. The van der Waals surface area contributed by atoms with E-state index in [9.17, 15) is 13.6 Å². The van der Waals surface area contributed by atoms with E-state index in [1.54, 1.807) is 17.5 Å². The zero-order valence-corrected chi connectivity index (χ0v) is 12.4. The van der Waals surface area contributed by atoms with Gasteiger partial charge in [-0.25, -0.2) is 0 Å². The minimum atomic E-state index is -2.88. The van der Waals surface area contributed by atoms with Crippen molar-refractivity contribution in [3.63, 3.8) is 0 Å². The van der Waals surface area contributed by atoms with Gasteiger partial charge in [-0.2, -0.15) is 8.78 Å². The summed E-state index contributed by atoms with van der Waals surface area (Å²) in [5.74, 6) is -0.277. The van der Waals surface area contributed by atoms with Gasteiger partial charge in [-0.3, -0.25) is 4.79 Å². The van der Waals surface area contributed by atoms with Crippen molar-refractivity contribution in [2.24, 2.45) is 0 Å². The molecule has 7 heteroatoms. The van der Waals surface area contributed by atoms with Crippen LogP contribution in [-0.2, 0) is 0 Å². The number of ether oxygens (including phenoxy) is 1. The van der Waals surface area contributed by atoms with E-state index < -0.39 is 6.61 Å². The number of anilines is 1. The topological polar surface area (TPSA) is 38.3 Å². The molecular formula is C12H8F2INO2S. The highest BCUT2D eigenvalue weighted by Crippen LogP contribution is 2.21. The van der Waals surface area contributed by atoms with Crippen LogP contribution in [0.3, 0.4) is 0 Å². The van der Waals surface area contributed by atoms with Crippen molar-refractivity contribution in [1.29, 1.82) is 0 Å². The fourth-order valence-corrected chi connectivity index (χ4v) is 2.71. The molecule has 0 unspecified atom stereocenters. The molecule has 2 rings (SSSR count). The first-order chi connectivity index (χ1) is 9.04. The summed E-state index contributed by atoms with van der Waals surface area (Å²) in [7, 11) is 0. The van der Waals surface area contributed by atoms with Crippen LogP contribution in [0, 0.1) is 2.88 Å². The average Bonchev–Trinajstić information content (AvgIpc) is 2.75. The molecule has 0 fully saturated rings. The van der Waals surface area contributed by atoms with Crippen molar-refractivity contribution in [3.8, 4) is 5.75 Å². The Morgan fingerprint density at radius 1 is 1.37 bits per heavy atom. The highest BCUT2D eigenvalue weighted by Gasteiger charge is 2.09. The molecule has 0 radical (unpaired) electrons. The fourth-order valence-electron chi connectivity index (χ4n) is 1.38. The molecule has 0 aliphatic heterocycles. The average molecular weight is 395 g/mol. The van der Waals surface area contributed by atoms with Crippen molar-refractivity contribution in [3.05, 3.63) is 44.2 Å². The molecule has 0 aliphatic rings. The van der Waals surface area contributed by atoms with E-state index in [1.165, 1.54) is 29.5 Å². The Morgan fingerprint density at radius 3 is 2.79 bits per heavy atom. The van der Waals surface area contributed by atoms with E-state index in [-0.39, 0.29) is 11.7 Å². The van der Waals surface area contributed by atoms with Gasteiger partial charge in [0.25, 0.3) is 5.91 Å². The molecule has 1 amide bonds. The second-order valence-corrected chi connectivity index (χ2v) is 6.31. The maximum Gasteiger partial charge on any atom is 0.387 e. The van der Waals surface area contributed by atoms with Gasteiger partial charge in [-0.15, -0.1) is 11.3 Å². The summed E-state index contributed by atoms with van der Waals surface area (Å²) in [6.07, 6.45) is 0. The number of rotatable bonds is 4. The van der Waals surface area contributed by atoms with Crippen molar-refractivity contribution in [1.82, 2.24) is 0 Å². The summed E-state index contributed by atoms with van der Waals surface area (Å²) in [4.78, 5) is 11.9. The highest BCUT2D eigenvalue weighted by atomic mass is 127. The zero-order chi connectivity index (χ0) is 13.8. The van der Waals surface area contributed by atoms with Crippen molar-refractivity contribution >= 4 is 45.5 Å². The molecule has 1 N–H and O–H groups in total. The lowest BCUT2D eigenvalue weighted by atomic mass is 10.2. The molecule has 0 bridgehead atoms. The number of amides is 1. The Morgan fingerprint density at radius 2 is 2.16 bits per heavy atom. The van der Waals surface area contributed by atoms with Gasteiger partial charge in [0.15, 0.2) is 0 Å². The van der Waals surface area contributed by atoms with Crippen LogP contribution in [-0.4, -0.2) is 12.5 Å². The minimum Gasteiger partial charge on any atom is -0.435 e. The molecule has 0 atom stereocenters. The van der Waals surface area contributed by atoms with Gasteiger partial charge in [-0.1, -0.05) is 6.07 Å². The lowest BCUT2D eigenvalue weighted by Gasteiger charge is -2.07. The molecular weight excluding hydrogens is 387 g/mol. The quantitative estimate of drug-likeness (QED) is 0.788. The van der Waals surface area contributed by atoms with Crippen LogP contribution in [0.4, 0.5) is 14.5 Å². The first-order valence-electron chi connectivity index (χ1n) is 5.15. The zero-order valence-electron chi connectivity index (χ0n) is 9.40. The van der Waals surface area contributed by atoms with Gasteiger partial charge in [0.2, 0.25) is 0 Å². The van der Waals surface area contributed by atoms with Crippen LogP contribution in [0.25, 0.3) is 0 Å². The molecule has 100 valence electrons. The van der Waals surface area contributed by atoms with Crippen molar-refractivity contribution in [2.45, 2.75) is 6.61 Å². The molecule has 0 aliphatic carbocycles. The largest absolute Gasteiger partial charge is 0.435 e. The molecule has 3 nitrogen and oxygen atoms in total. The van der Waals surface area contributed by atoms with Gasteiger partial charge >= 0.3 is 6.61 Å². The normalized spacial score (nSPS) is 10.5. The molecule has 19 heavy (non-hydrogen) atoms. The number of thiophene rings is 1. The molecule has 0 saturated carbocycles. The first-order valence-corrected chi connectivity index (χ1v) is 7.10. The molecule has 0 saturated heterocycles. The summed E-state index contributed by atoms with van der Waals surface area (Å²) in [5, 5.41) is 4.36. The minimum absolute atomic E-state index is 0.00713. The number of halogens is 3. The summed E-state index contributed by atoms with van der Waals surface area (Å²) in [6, 6.07) is 7.63. The van der Waals surface area contributed by atoms with E-state index in [1.807, 2.05) is 0 Å². The number of carbonyl (C=O) groups excluding carboxylic acids is 1. The maximum atomic E-state index is 12.1. The van der Waals surface area contributed by atoms with E-state index >= 15 is 0 Å². The molecule has 1 aromatic heterocycles. The lowest BCUT2D eigenvalue weighted by Crippen LogP contribution is -2.11. The van der Waals surface area contributed by atoms with Crippen molar-refractivity contribution < 1.29 is 18.3 Å². The first kappa shape index (κ1) is 14.2. The lowest BCUT2D eigenvalue weighted by molar-refractivity contribution is -0.0497. The van der Waals surface area contributed by atoms with Crippen LogP contribution in [0.2, 0.25) is 0 Å². The Kier molecular flexibility index (Phi) is 4.70. The molecule has 1 aromatic carbocycles. The van der Waals surface area contributed by atoms with E-state index in [0.717, 1.165) is 2.88 Å². The molecule has 2 aromatic rings. The second-order valence-electron chi connectivity index (χ2n) is 3.50. The Bertz CT molecular complexity index is 589. The number of nitrogens with one attached hydrogen (secondary N) is 1. The van der Waals surface area contributed by atoms with Crippen molar-refractivity contribution in [2.75, 3.05) is 5.32 Å². The van der Waals surface area contributed by atoms with Gasteiger partial charge < -0.3 is 10.1 Å². The smallest absolute Gasteiger partial charge is 0.387 e. The number of hydrogen-bond acceptors (Lipinski definition) is 3. The van der Waals surface area contributed by atoms with Crippen LogP contribution < -0.4 is 10.1 Å².